The van der Waals surface area contributed by atoms with Crippen molar-refractivity contribution in [2.75, 3.05) is 18.9 Å². The molecule has 4 nitrogen and oxygen atoms in total. The summed E-state index contributed by atoms with van der Waals surface area (Å²) in [6.07, 6.45) is -3.95. The Morgan fingerprint density at radius 3 is 2.68 bits per heavy atom. The lowest BCUT2D eigenvalue weighted by Gasteiger charge is -2.30. The van der Waals surface area contributed by atoms with Gasteiger partial charge >= 0.3 is 6.18 Å². The van der Waals surface area contributed by atoms with E-state index in [4.69, 9.17) is 0 Å². The number of amides is 1. The first kappa shape index (κ1) is 17.9. The number of benzene rings is 1. The Bertz CT molecular complexity index is 840. The number of nitrogens with one attached hydrogen (secondary N) is 1. The van der Waals surface area contributed by atoms with E-state index in [0.29, 0.717) is 17.4 Å². The number of carbonyl (C=O) groups excluding carboxylic acids is 1. The maximum atomic E-state index is 14.1. The molecule has 0 spiro atoms. The molecule has 1 aliphatic heterocycles. The van der Waals surface area contributed by atoms with E-state index in [9.17, 15) is 22.4 Å². The molecule has 25 heavy (non-hydrogen) atoms. The average molecular weight is 420 g/mol. The molecule has 3 rings (SSSR count). The van der Waals surface area contributed by atoms with E-state index < -0.39 is 17.7 Å². The van der Waals surface area contributed by atoms with Crippen molar-refractivity contribution < 1.29 is 22.4 Å². The molecule has 0 saturated carbocycles. The fourth-order valence-corrected chi connectivity index (χ4v) is 3.23. The maximum Gasteiger partial charge on any atom is 0.433 e. The van der Waals surface area contributed by atoms with Crippen LogP contribution in [0.25, 0.3) is 10.9 Å². The van der Waals surface area contributed by atoms with Gasteiger partial charge in [-0.1, -0.05) is 15.9 Å². The Labute approximate surface area is 149 Å². The molecular weight excluding hydrogens is 406 g/mol. The number of anilines is 1. The number of likely N-dealkylation sites (tertiary alicyclic amines) is 1. The number of carbonyl (C=O) groups is 1. The largest absolute Gasteiger partial charge is 0.433 e. The van der Waals surface area contributed by atoms with Crippen LogP contribution in [0.2, 0.25) is 0 Å². The number of pyridine rings is 1. The lowest BCUT2D eigenvalue weighted by atomic mass is 10.0. The highest BCUT2D eigenvalue weighted by Gasteiger charge is 2.34. The minimum atomic E-state index is -4.70. The van der Waals surface area contributed by atoms with Gasteiger partial charge in [-0.25, -0.2) is 9.37 Å². The quantitative estimate of drug-likeness (QED) is 0.742. The van der Waals surface area contributed by atoms with Crippen molar-refractivity contribution in [3.63, 3.8) is 0 Å². The van der Waals surface area contributed by atoms with Crippen molar-refractivity contribution in [1.29, 1.82) is 0 Å². The van der Waals surface area contributed by atoms with Gasteiger partial charge in [0.2, 0.25) is 5.91 Å². The summed E-state index contributed by atoms with van der Waals surface area (Å²) in [5, 5.41) is 3.19. The van der Waals surface area contributed by atoms with Gasteiger partial charge in [0.25, 0.3) is 0 Å². The van der Waals surface area contributed by atoms with Crippen LogP contribution in [-0.4, -0.2) is 35.4 Å². The molecule has 1 aromatic carbocycles. The maximum absolute atomic E-state index is 14.1. The van der Waals surface area contributed by atoms with E-state index in [1.807, 2.05) is 0 Å². The molecule has 1 amide bonds. The molecule has 1 N–H and O–H groups in total. The number of rotatable bonds is 2. The van der Waals surface area contributed by atoms with E-state index in [2.05, 4.69) is 26.2 Å². The van der Waals surface area contributed by atoms with Crippen molar-refractivity contribution in [3.8, 4) is 0 Å². The molecule has 1 aliphatic rings. The highest BCUT2D eigenvalue weighted by Crippen LogP contribution is 2.35. The van der Waals surface area contributed by atoms with Gasteiger partial charge in [-0.3, -0.25) is 4.79 Å². The average Bonchev–Trinajstić information content (AvgIpc) is 2.50. The van der Waals surface area contributed by atoms with Crippen molar-refractivity contribution in [3.05, 3.63) is 34.2 Å². The summed E-state index contributed by atoms with van der Waals surface area (Å²) < 4.78 is 53.9. The third-order valence-electron chi connectivity index (χ3n) is 4.14. The zero-order valence-corrected chi connectivity index (χ0v) is 14.7. The van der Waals surface area contributed by atoms with Crippen molar-refractivity contribution in [2.45, 2.75) is 25.1 Å². The molecule has 1 saturated heterocycles. The van der Waals surface area contributed by atoms with E-state index in [0.717, 1.165) is 12.1 Å². The molecule has 1 aromatic heterocycles. The number of nitrogens with zero attached hydrogens (tertiary/aromatic N) is 2. The molecule has 9 heteroatoms. The summed E-state index contributed by atoms with van der Waals surface area (Å²) in [5.41, 5.74) is -1.43. The fraction of sp³-hybridized carbons (Fsp3) is 0.375. The van der Waals surface area contributed by atoms with Gasteiger partial charge in [0.15, 0.2) is 5.82 Å². The standard InChI is InChI=1S/C16H14BrF4N3O/c1-24-3-2-9(6-14(24)25)22-12-7-13(16(19,20)21)23-15-10(12)4-8(17)5-11(15)18/h4-5,7,9H,2-3,6H2,1H3,(H,22,23). The smallest absolute Gasteiger partial charge is 0.381 e. The summed E-state index contributed by atoms with van der Waals surface area (Å²) in [4.78, 5) is 16.8. The van der Waals surface area contributed by atoms with E-state index in [1.165, 1.54) is 6.07 Å². The van der Waals surface area contributed by atoms with Crippen LogP contribution in [0.1, 0.15) is 18.5 Å². The topological polar surface area (TPSA) is 45.2 Å². The number of alkyl halides is 3. The van der Waals surface area contributed by atoms with E-state index in [-0.39, 0.29) is 35.0 Å². The van der Waals surface area contributed by atoms with Crippen LogP contribution in [0.4, 0.5) is 23.2 Å². The second-order valence-electron chi connectivity index (χ2n) is 5.99. The number of fused-ring (bicyclic) bond motifs is 1. The summed E-state index contributed by atoms with van der Waals surface area (Å²) in [6.45, 7) is 0.504. The van der Waals surface area contributed by atoms with Crippen LogP contribution in [0.5, 0.6) is 0 Å². The van der Waals surface area contributed by atoms with Gasteiger partial charge in [0, 0.05) is 41.6 Å². The Balaban J connectivity index is 2.07. The zero-order valence-electron chi connectivity index (χ0n) is 13.1. The molecule has 1 fully saturated rings. The van der Waals surface area contributed by atoms with Gasteiger partial charge in [0.05, 0.1) is 0 Å². The van der Waals surface area contributed by atoms with Crippen LogP contribution in [0, 0.1) is 5.82 Å². The van der Waals surface area contributed by atoms with Gasteiger partial charge in [0.1, 0.15) is 11.2 Å². The number of halogens is 5. The summed E-state index contributed by atoms with van der Waals surface area (Å²) >= 11 is 3.14. The van der Waals surface area contributed by atoms with Crippen LogP contribution < -0.4 is 5.32 Å². The highest BCUT2D eigenvalue weighted by atomic mass is 79.9. The molecule has 2 heterocycles. The summed E-state index contributed by atoms with van der Waals surface area (Å²) in [6, 6.07) is 3.11. The van der Waals surface area contributed by atoms with Crippen LogP contribution in [-0.2, 0) is 11.0 Å². The highest BCUT2D eigenvalue weighted by molar-refractivity contribution is 9.10. The lowest BCUT2D eigenvalue weighted by molar-refractivity contribution is -0.141. The van der Waals surface area contributed by atoms with Crippen LogP contribution in [0.3, 0.4) is 0 Å². The molecule has 2 aromatic rings. The van der Waals surface area contributed by atoms with E-state index >= 15 is 0 Å². The third-order valence-corrected chi connectivity index (χ3v) is 4.60. The first-order valence-electron chi connectivity index (χ1n) is 7.52. The SMILES string of the molecule is CN1CCC(Nc2cc(C(F)(F)F)nc3c(F)cc(Br)cc23)CC1=O. The first-order chi connectivity index (χ1) is 11.6. The molecule has 134 valence electrons. The number of piperidine rings is 1. The van der Waals surface area contributed by atoms with E-state index in [1.54, 1.807) is 11.9 Å². The number of hydrogen-bond donors (Lipinski definition) is 1. The number of hydrogen-bond acceptors (Lipinski definition) is 3. The predicted molar refractivity (Wildman–Crippen MR) is 88.7 cm³/mol. The Morgan fingerprint density at radius 2 is 2.04 bits per heavy atom. The second kappa shape index (κ2) is 6.44. The molecule has 1 unspecified atom stereocenters. The molecule has 0 aliphatic carbocycles. The Hall–Kier alpha value is -1.90. The van der Waals surface area contributed by atoms with Gasteiger partial charge in [-0.2, -0.15) is 13.2 Å². The third kappa shape index (κ3) is 3.70. The van der Waals surface area contributed by atoms with Gasteiger partial charge in [-0.15, -0.1) is 0 Å². The zero-order chi connectivity index (χ0) is 18.4. The Kier molecular flexibility index (Phi) is 4.61. The monoisotopic (exact) mass is 419 g/mol. The Morgan fingerprint density at radius 1 is 1.32 bits per heavy atom. The summed E-state index contributed by atoms with van der Waals surface area (Å²) in [7, 11) is 1.68. The van der Waals surface area contributed by atoms with Crippen molar-refractivity contribution in [1.82, 2.24) is 9.88 Å². The van der Waals surface area contributed by atoms with Gasteiger partial charge in [-0.05, 0) is 24.6 Å². The molecule has 1 atom stereocenters. The van der Waals surface area contributed by atoms with Crippen LogP contribution >= 0.6 is 15.9 Å². The molecular formula is C16H14BrF4N3O. The second-order valence-corrected chi connectivity index (χ2v) is 6.90. The normalized spacial score (nSPS) is 18.7. The molecule has 0 bridgehead atoms. The molecule has 0 radical (unpaired) electrons. The fourth-order valence-electron chi connectivity index (χ4n) is 2.80. The lowest BCUT2D eigenvalue weighted by Crippen LogP contribution is -2.41. The first-order valence-corrected chi connectivity index (χ1v) is 8.32. The van der Waals surface area contributed by atoms with Crippen molar-refractivity contribution >= 4 is 38.4 Å². The predicted octanol–water partition coefficient (Wildman–Crippen LogP) is 4.19. The number of aromatic nitrogens is 1. The van der Waals surface area contributed by atoms with Gasteiger partial charge < -0.3 is 10.2 Å². The minimum Gasteiger partial charge on any atom is -0.381 e. The summed E-state index contributed by atoms with van der Waals surface area (Å²) in [5.74, 6) is -0.941. The van der Waals surface area contributed by atoms with Crippen LogP contribution in [0.15, 0.2) is 22.7 Å². The minimum absolute atomic E-state index is 0.0921. The van der Waals surface area contributed by atoms with Crippen molar-refractivity contribution in [2.24, 2.45) is 0 Å².